The third-order valence-corrected chi connectivity index (χ3v) is 1.99. The monoisotopic (exact) mass is 258 g/mol. The van der Waals surface area contributed by atoms with Crippen LogP contribution < -0.4 is 0 Å². The zero-order valence-corrected chi connectivity index (χ0v) is 8.32. The molecule has 0 bridgehead atoms. The standard InChI is InChI=1S/C5H8F5O4P/c1-2-3-13-15(11,12)14-5(9,10)4(6,7)8/h2-3H2,1H3,(H,11,12). The first-order chi connectivity index (χ1) is 6.52. The lowest BCUT2D eigenvalue weighted by Crippen LogP contribution is -2.38. The number of hydrogen-bond donors (Lipinski definition) is 1. The molecule has 0 rings (SSSR count). The molecule has 10 heteroatoms. The van der Waals surface area contributed by atoms with Gasteiger partial charge in [-0.15, -0.1) is 0 Å². The largest absolute Gasteiger partial charge is 0.483 e. The molecule has 0 saturated carbocycles. The van der Waals surface area contributed by atoms with Crippen LogP contribution in [0.4, 0.5) is 22.0 Å². The summed E-state index contributed by atoms with van der Waals surface area (Å²) in [5.74, 6) is 0. The van der Waals surface area contributed by atoms with Gasteiger partial charge < -0.3 is 4.89 Å². The number of phosphoric ester groups is 1. The summed E-state index contributed by atoms with van der Waals surface area (Å²) in [5, 5.41) is 0. The Kier molecular flexibility index (Phi) is 4.66. The summed E-state index contributed by atoms with van der Waals surface area (Å²) in [6.45, 7) is 0.990. The molecule has 0 fully saturated rings. The van der Waals surface area contributed by atoms with Crippen LogP contribution in [0, 0.1) is 0 Å². The quantitative estimate of drug-likeness (QED) is 0.608. The van der Waals surface area contributed by atoms with Gasteiger partial charge in [0.15, 0.2) is 0 Å². The lowest BCUT2D eigenvalue weighted by Gasteiger charge is -2.21. The lowest BCUT2D eigenvalue weighted by molar-refractivity contribution is -0.365. The van der Waals surface area contributed by atoms with E-state index in [1.807, 2.05) is 0 Å². The van der Waals surface area contributed by atoms with Gasteiger partial charge in [0, 0.05) is 0 Å². The third kappa shape index (κ3) is 4.87. The molecule has 4 nitrogen and oxygen atoms in total. The van der Waals surface area contributed by atoms with Crippen molar-refractivity contribution in [3.8, 4) is 0 Å². The number of alkyl halides is 5. The smallest absolute Gasteiger partial charge is 0.302 e. The Morgan fingerprint density at radius 2 is 1.73 bits per heavy atom. The van der Waals surface area contributed by atoms with Crippen molar-refractivity contribution in [2.75, 3.05) is 6.61 Å². The van der Waals surface area contributed by atoms with Gasteiger partial charge in [0.2, 0.25) is 0 Å². The summed E-state index contributed by atoms with van der Waals surface area (Å²) >= 11 is 0. The number of hydrogen-bond acceptors (Lipinski definition) is 3. The van der Waals surface area contributed by atoms with Gasteiger partial charge in [-0.2, -0.15) is 22.0 Å². The van der Waals surface area contributed by atoms with E-state index >= 15 is 0 Å². The highest BCUT2D eigenvalue weighted by atomic mass is 31.2. The van der Waals surface area contributed by atoms with Crippen molar-refractivity contribution in [3.05, 3.63) is 0 Å². The molecule has 1 unspecified atom stereocenters. The van der Waals surface area contributed by atoms with Crippen molar-refractivity contribution in [1.82, 2.24) is 0 Å². The fourth-order valence-corrected chi connectivity index (χ4v) is 1.29. The van der Waals surface area contributed by atoms with E-state index in [0.717, 1.165) is 0 Å². The molecule has 0 aromatic carbocycles. The predicted molar refractivity (Wildman–Crippen MR) is 38.2 cm³/mol. The minimum atomic E-state index is -6.07. The number of halogens is 5. The number of rotatable bonds is 5. The van der Waals surface area contributed by atoms with E-state index in [0.29, 0.717) is 0 Å². The molecular formula is C5H8F5O4P. The van der Waals surface area contributed by atoms with Crippen molar-refractivity contribution in [2.24, 2.45) is 0 Å². The van der Waals surface area contributed by atoms with Gasteiger partial charge in [-0.3, -0.25) is 4.52 Å². The van der Waals surface area contributed by atoms with Crippen LogP contribution in [-0.4, -0.2) is 23.8 Å². The first-order valence-corrected chi connectivity index (χ1v) is 5.14. The second-order valence-corrected chi connectivity index (χ2v) is 3.79. The average Bonchev–Trinajstić information content (AvgIpc) is 1.96. The first-order valence-electron chi connectivity index (χ1n) is 3.64. The Morgan fingerprint density at radius 1 is 1.27 bits per heavy atom. The summed E-state index contributed by atoms with van der Waals surface area (Å²) in [7, 11) is -5.40. The van der Waals surface area contributed by atoms with Crippen molar-refractivity contribution in [2.45, 2.75) is 25.6 Å². The van der Waals surface area contributed by atoms with Crippen LogP contribution in [0.25, 0.3) is 0 Å². The molecule has 1 atom stereocenters. The van der Waals surface area contributed by atoms with Gasteiger partial charge in [-0.1, -0.05) is 6.92 Å². The molecular weight excluding hydrogens is 250 g/mol. The van der Waals surface area contributed by atoms with Crippen LogP contribution in [0.1, 0.15) is 13.3 Å². The van der Waals surface area contributed by atoms with Crippen LogP contribution in [0.2, 0.25) is 0 Å². The SMILES string of the molecule is CCCOP(=O)(O)OC(F)(F)C(F)(F)F. The van der Waals surface area contributed by atoms with Crippen molar-refractivity contribution in [1.29, 1.82) is 0 Å². The molecule has 15 heavy (non-hydrogen) atoms. The van der Waals surface area contributed by atoms with Crippen molar-refractivity contribution >= 4 is 7.82 Å². The van der Waals surface area contributed by atoms with Crippen molar-refractivity contribution in [3.63, 3.8) is 0 Å². The van der Waals surface area contributed by atoms with E-state index < -0.39 is 26.7 Å². The van der Waals surface area contributed by atoms with Crippen LogP contribution in [0.5, 0.6) is 0 Å². The molecule has 0 radical (unpaired) electrons. The molecule has 0 heterocycles. The Hall–Kier alpha value is -0.240. The van der Waals surface area contributed by atoms with Crippen LogP contribution in [0.3, 0.4) is 0 Å². The van der Waals surface area contributed by atoms with Crippen LogP contribution >= 0.6 is 7.82 Å². The zero-order valence-electron chi connectivity index (χ0n) is 7.42. The van der Waals surface area contributed by atoms with Crippen LogP contribution in [-0.2, 0) is 13.6 Å². The second-order valence-electron chi connectivity index (χ2n) is 2.41. The minimum absolute atomic E-state index is 0.158. The van der Waals surface area contributed by atoms with E-state index in [1.54, 1.807) is 0 Å². The van der Waals surface area contributed by atoms with Gasteiger partial charge >= 0.3 is 20.1 Å². The predicted octanol–water partition coefficient (Wildman–Crippen LogP) is 2.69. The average molecular weight is 258 g/mol. The van der Waals surface area contributed by atoms with Gasteiger partial charge in [-0.25, -0.2) is 9.09 Å². The Bertz CT molecular complexity index is 252. The maximum Gasteiger partial charge on any atom is 0.483 e. The summed E-state index contributed by atoms with van der Waals surface area (Å²) in [6, 6.07) is 0. The van der Waals surface area contributed by atoms with Gasteiger partial charge in [0.1, 0.15) is 0 Å². The summed E-state index contributed by atoms with van der Waals surface area (Å²) < 4.78 is 75.9. The van der Waals surface area contributed by atoms with Crippen molar-refractivity contribution < 1.29 is 40.5 Å². The molecule has 0 aliphatic carbocycles. The number of phosphoric acid groups is 1. The van der Waals surface area contributed by atoms with Crippen LogP contribution in [0.15, 0.2) is 0 Å². The molecule has 0 aliphatic heterocycles. The summed E-state index contributed by atoms with van der Waals surface area (Å²) in [5.41, 5.74) is 0. The Morgan fingerprint density at radius 3 is 2.07 bits per heavy atom. The summed E-state index contributed by atoms with van der Waals surface area (Å²) in [6.07, 6.45) is -11.6. The minimum Gasteiger partial charge on any atom is -0.302 e. The fourth-order valence-electron chi connectivity index (χ4n) is 0.430. The van der Waals surface area contributed by atoms with Gasteiger partial charge in [0.25, 0.3) is 0 Å². The molecule has 1 N–H and O–H groups in total. The van der Waals surface area contributed by atoms with E-state index in [2.05, 4.69) is 9.05 Å². The fraction of sp³-hybridized carbons (Fsp3) is 1.00. The highest BCUT2D eigenvalue weighted by Gasteiger charge is 2.63. The van der Waals surface area contributed by atoms with E-state index in [9.17, 15) is 26.5 Å². The molecule has 0 amide bonds. The molecule has 0 aromatic rings. The maximum atomic E-state index is 12.1. The Balaban J connectivity index is 4.51. The Labute approximate surface area is 81.6 Å². The molecule has 0 aromatic heterocycles. The zero-order chi connectivity index (χ0) is 12.3. The molecule has 92 valence electrons. The molecule has 0 saturated heterocycles. The molecule has 0 aliphatic rings. The molecule has 0 spiro atoms. The van der Waals surface area contributed by atoms with Gasteiger partial charge in [-0.05, 0) is 6.42 Å². The third-order valence-electron chi connectivity index (χ3n) is 1.02. The highest BCUT2D eigenvalue weighted by molar-refractivity contribution is 7.47. The van der Waals surface area contributed by atoms with E-state index in [4.69, 9.17) is 4.89 Å². The highest BCUT2D eigenvalue weighted by Crippen LogP contribution is 2.52. The second kappa shape index (κ2) is 4.73. The normalized spacial score (nSPS) is 17.5. The first kappa shape index (κ1) is 14.8. The van der Waals surface area contributed by atoms with E-state index in [1.165, 1.54) is 6.92 Å². The van der Waals surface area contributed by atoms with Gasteiger partial charge in [0.05, 0.1) is 6.61 Å². The van der Waals surface area contributed by atoms with E-state index in [-0.39, 0.29) is 6.42 Å². The summed E-state index contributed by atoms with van der Waals surface area (Å²) in [4.78, 5) is 8.48. The maximum absolute atomic E-state index is 12.1. The topological polar surface area (TPSA) is 55.8 Å². The lowest BCUT2D eigenvalue weighted by atomic mass is 10.5.